The molecule has 0 aromatic heterocycles. The highest BCUT2D eigenvalue weighted by Crippen LogP contribution is 2.53. The number of aliphatic hydroxyl groups excluding tert-OH is 1. The van der Waals surface area contributed by atoms with Gasteiger partial charge >= 0.3 is 18.4 Å². The van der Waals surface area contributed by atoms with Crippen LogP contribution < -0.4 is 14.2 Å². The standard InChI is InChI=1S/C34H43ClN2O10/c1-33(2,3)46-31(40)44-25-17-24(43-30(39)36(7)8)27(20-14-15-37(9)18-26(20)45-32(41)47-34(4,5)6)29-28(25)22(38)16-23(42-29)19-12-10-11-13-21(19)35/h10-13,16-17,20,22,26,38H,14-15,18H2,1-9H3/t20-,22?,26+/m0/s1. The predicted molar refractivity (Wildman–Crippen MR) is 174 cm³/mol. The molecule has 2 aromatic carbocycles. The maximum Gasteiger partial charge on any atom is 0.514 e. The highest BCUT2D eigenvalue weighted by Gasteiger charge is 2.42. The van der Waals surface area contributed by atoms with E-state index in [1.54, 1.807) is 65.8 Å². The van der Waals surface area contributed by atoms with Gasteiger partial charge in [0.25, 0.3) is 0 Å². The molecular weight excluding hydrogens is 632 g/mol. The number of ether oxygens (including phenoxy) is 6. The molecule has 0 bridgehead atoms. The third kappa shape index (κ3) is 9.09. The summed E-state index contributed by atoms with van der Waals surface area (Å²) >= 11 is 6.53. The van der Waals surface area contributed by atoms with Crippen molar-refractivity contribution in [1.29, 1.82) is 0 Å². The monoisotopic (exact) mass is 674 g/mol. The molecule has 1 saturated heterocycles. The first-order valence-electron chi connectivity index (χ1n) is 15.2. The topological polar surface area (TPSA) is 133 Å². The van der Waals surface area contributed by atoms with Crippen LogP contribution in [0.1, 0.15) is 76.7 Å². The van der Waals surface area contributed by atoms with Gasteiger partial charge in [-0.3, -0.25) is 0 Å². The van der Waals surface area contributed by atoms with Gasteiger partial charge in [-0.25, -0.2) is 14.4 Å². The lowest BCUT2D eigenvalue weighted by atomic mass is 9.83. The lowest BCUT2D eigenvalue weighted by Gasteiger charge is -2.38. The second kappa shape index (κ2) is 14.0. The summed E-state index contributed by atoms with van der Waals surface area (Å²) in [6.45, 7) is 11.1. The Morgan fingerprint density at radius 1 is 0.957 bits per heavy atom. The van der Waals surface area contributed by atoms with Gasteiger partial charge in [0, 0.05) is 43.8 Å². The van der Waals surface area contributed by atoms with E-state index in [2.05, 4.69) is 0 Å². The highest BCUT2D eigenvalue weighted by molar-refractivity contribution is 6.32. The molecule has 1 amide bonds. The molecule has 13 heteroatoms. The van der Waals surface area contributed by atoms with E-state index in [1.165, 1.54) is 31.1 Å². The molecule has 3 atom stereocenters. The van der Waals surface area contributed by atoms with Crippen LogP contribution in [0, 0.1) is 0 Å². The number of carbonyl (C=O) groups excluding carboxylic acids is 3. The van der Waals surface area contributed by atoms with E-state index in [0.29, 0.717) is 35.7 Å². The molecule has 47 heavy (non-hydrogen) atoms. The van der Waals surface area contributed by atoms with E-state index in [4.69, 9.17) is 40.0 Å². The van der Waals surface area contributed by atoms with Crippen molar-refractivity contribution in [1.82, 2.24) is 9.80 Å². The molecule has 1 N–H and O–H groups in total. The molecule has 4 rings (SSSR count). The number of likely N-dealkylation sites (tertiary alicyclic amines) is 1. The lowest BCUT2D eigenvalue weighted by molar-refractivity contribution is -0.0463. The third-order valence-electron chi connectivity index (χ3n) is 7.15. The van der Waals surface area contributed by atoms with Gasteiger partial charge in [-0.2, -0.15) is 0 Å². The molecule has 0 saturated carbocycles. The zero-order valence-electron chi connectivity index (χ0n) is 28.2. The van der Waals surface area contributed by atoms with Gasteiger partial charge in [-0.1, -0.05) is 23.7 Å². The lowest BCUT2D eigenvalue weighted by Crippen LogP contribution is -2.44. The van der Waals surface area contributed by atoms with Crippen molar-refractivity contribution >= 4 is 35.8 Å². The number of benzene rings is 2. The molecule has 12 nitrogen and oxygen atoms in total. The zero-order chi connectivity index (χ0) is 34.8. The summed E-state index contributed by atoms with van der Waals surface area (Å²) in [6.07, 6.45) is -2.94. The largest absolute Gasteiger partial charge is 0.514 e. The molecule has 2 aromatic rings. The fourth-order valence-corrected chi connectivity index (χ4v) is 5.42. The number of halogens is 1. The van der Waals surface area contributed by atoms with Gasteiger partial charge in [0.05, 0.1) is 10.6 Å². The van der Waals surface area contributed by atoms with E-state index in [9.17, 15) is 19.5 Å². The molecule has 256 valence electrons. The van der Waals surface area contributed by atoms with Gasteiger partial charge in [0.1, 0.15) is 46.4 Å². The second-order valence-electron chi connectivity index (χ2n) is 13.7. The van der Waals surface area contributed by atoms with Crippen molar-refractivity contribution in [3.05, 3.63) is 58.1 Å². The molecule has 2 heterocycles. The number of rotatable bonds is 5. The van der Waals surface area contributed by atoms with Crippen LogP contribution in [0.25, 0.3) is 5.76 Å². The first-order valence-corrected chi connectivity index (χ1v) is 15.6. The van der Waals surface area contributed by atoms with Crippen molar-refractivity contribution < 1.29 is 47.9 Å². The van der Waals surface area contributed by atoms with Crippen LogP contribution >= 0.6 is 11.6 Å². The summed E-state index contributed by atoms with van der Waals surface area (Å²) in [5.41, 5.74) is -0.795. The quantitative estimate of drug-likeness (QED) is 0.262. The maximum atomic E-state index is 13.0. The summed E-state index contributed by atoms with van der Waals surface area (Å²) < 4.78 is 34.8. The Labute approximate surface area is 280 Å². The Kier molecular flexibility index (Phi) is 10.7. The highest BCUT2D eigenvalue weighted by atomic mass is 35.5. The van der Waals surface area contributed by atoms with Crippen LogP contribution in [0.3, 0.4) is 0 Å². The fraction of sp³-hybridized carbons (Fsp3) is 0.500. The molecule has 0 spiro atoms. The molecule has 2 aliphatic rings. The number of hydrogen-bond donors (Lipinski definition) is 1. The summed E-state index contributed by atoms with van der Waals surface area (Å²) in [5.74, 6) is -0.524. The summed E-state index contributed by atoms with van der Waals surface area (Å²) in [4.78, 5) is 42.1. The molecule has 1 fully saturated rings. The van der Waals surface area contributed by atoms with E-state index >= 15 is 0 Å². The molecule has 0 radical (unpaired) electrons. The summed E-state index contributed by atoms with van der Waals surface area (Å²) in [7, 11) is 4.92. The van der Waals surface area contributed by atoms with Crippen molar-refractivity contribution in [3.8, 4) is 17.2 Å². The van der Waals surface area contributed by atoms with Gasteiger partial charge < -0.3 is 43.3 Å². The third-order valence-corrected chi connectivity index (χ3v) is 7.48. The number of aliphatic hydroxyl groups is 1. The molecule has 0 aliphatic carbocycles. The zero-order valence-corrected chi connectivity index (χ0v) is 29.0. The van der Waals surface area contributed by atoms with Crippen molar-refractivity contribution in [2.45, 2.75) is 77.3 Å². The van der Waals surface area contributed by atoms with Gasteiger partial charge in [-0.05, 0) is 79.8 Å². The normalized spacial score (nSPS) is 19.8. The second-order valence-corrected chi connectivity index (χ2v) is 14.1. The maximum absolute atomic E-state index is 13.0. The number of fused-ring (bicyclic) bond motifs is 1. The molecular formula is C34H43ClN2O10. The predicted octanol–water partition coefficient (Wildman–Crippen LogP) is 6.92. The summed E-state index contributed by atoms with van der Waals surface area (Å²) in [6, 6.07) is 8.26. The van der Waals surface area contributed by atoms with Crippen LogP contribution in [0.15, 0.2) is 36.4 Å². The van der Waals surface area contributed by atoms with E-state index in [1.807, 2.05) is 11.9 Å². The summed E-state index contributed by atoms with van der Waals surface area (Å²) in [5, 5.41) is 12.0. The number of nitrogens with zero attached hydrogens (tertiary/aromatic N) is 2. The average Bonchev–Trinajstić information content (AvgIpc) is 2.91. The van der Waals surface area contributed by atoms with Crippen molar-refractivity contribution in [2.24, 2.45) is 0 Å². The smallest absolute Gasteiger partial charge is 0.456 e. The van der Waals surface area contributed by atoms with Crippen molar-refractivity contribution in [2.75, 3.05) is 34.2 Å². The van der Waals surface area contributed by atoms with Gasteiger partial charge in [0.2, 0.25) is 0 Å². The van der Waals surface area contributed by atoms with Crippen LogP contribution in [0.4, 0.5) is 14.4 Å². The van der Waals surface area contributed by atoms with E-state index < -0.39 is 47.7 Å². The van der Waals surface area contributed by atoms with E-state index in [0.717, 1.165) is 0 Å². The van der Waals surface area contributed by atoms with Crippen molar-refractivity contribution in [3.63, 3.8) is 0 Å². The Morgan fingerprint density at radius 3 is 2.19 bits per heavy atom. The molecule has 2 aliphatic heterocycles. The minimum absolute atomic E-state index is 0.0269. The van der Waals surface area contributed by atoms with Crippen LogP contribution in [0.5, 0.6) is 17.2 Å². The van der Waals surface area contributed by atoms with Crippen LogP contribution in [-0.2, 0) is 14.2 Å². The first-order chi connectivity index (χ1) is 21.8. The fourth-order valence-electron chi connectivity index (χ4n) is 5.19. The van der Waals surface area contributed by atoms with Gasteiger partial charge in [-0.15, -0.1) is 0 Å². The van der Waals surface area contributed by atoms with E-state index in [-0.39, 0.29) is 28.6 Å². The SMILES string of the molecule is CN1CC[C@H](c2c(OC(=O)N(C)C)cc(OC(=O)OC(C)(C)C)c3c2OC(c2ccccc2Cl)=CC3O)[C@H](OC(=O)OC(C)(C)C)C1. The minimum Gasteiger partial charge on any atom is -0.456 e. The Bertz CT molecular complexity index is 1540. The molecule has 1 unspecified atom stereocenters. The Hall–Kier alpha value is -4.00. The number of piperidine rings is 1. The minimum atomic E-state index is -1.36. The van der Waals surface area contributed by atoms with Crippen LogP contribution in [0.2, 0.25) is 5.02 Å². The first kappa shape index (κ1) is 35.8. The average molecular weight is 675 g/mol. The number of hydrogen-bond acceptors (Lipinski definition) is 11. The Balaban J connectivity index is 1.94. The van der Waals surface area contributed by atoms with Gasteiger partial charge in [0.15, 0.2) is 0 Å². The number of carbonyl (C=O) groups is 3. The number of likely N-dealkylation sites (N-methyl/N-ethyl adjacent to an activating group) is 1. The Morgan fingerprint density at radius 2 is 1.57 bits per heavy atom. The number of amides is 1. The van der Waals surface area contributed by atoms with Crippen LogP contribution in [-0.4, -0.2) is 84.8 Å².